The molecule has 0 unspecified atom stereocenters. The van der Waals surface area contributed by atoms with E-state index in [2.05, 4.69) is 48.9 Å². The molecule has 0 rings (SSSR count). The predicted octanol–water partition coefficient (Wildman–Crippen LogP) is 2.13. The number of halogens is 4. The minimum Gasteiger partial charge on any atom is -0.197 e. The van der Waals surface area contributed by atoms with Crippen molar-refractivity contribution in [2.45, 2.75) is 0 Å². The summed E-state index contributed by atoms with van der Waals surface area (Å²) in [5, 5.41) is 0. The van der Waals surface area contributed by atoms with Crippen molar-refractivity contribution < 1.29 is 12.3 Å². The first-order valence-electron chi connectivity index (χ1n) is 0.951. The van der Waals surface area contributed by atoms with Crippen molar-refractivity contribution in [3.05, 3.63) is 0 Å². The Morgan fingerprint density at radius 1 is 1.11 bits per heavy atom. The first-order valence-corrected chi connectivity index (χ1v) is 4.70. The van der Waals surface area contributed by atoms with Crippen LogP contribution in [0.15, 0.2) is 0 Å². The Morgan fingerprint density at radius 2 is 1.11 bits per heavy atom. The van der Waals surface area contributed by atoms with Crippen LogP contribution < -0.4 is 0 Å². The molecule has 0 aromatic heterocycles. The standard InChI is InChI=1S/Cl2O2S.Cl2O.H2S/c1-5(2,3)4;1-3-2;/h;;1H2. The molecule has 0 fully saturated rings. The van der Waals surface area contributed by atoms with Crippen LogP contribution in [0.4, 0.5) is 0 Å². The minimum absolute atomic E-state index is 0. The summed E-state index contributed by atoms with van der Waals surface area (Å²) < 4.78 is 21.5. The maximum atomic E-state index is 9.16. The van der Waals surface area contributed by atoms with E-state index >= 15 is 0 Å². The van der Waals surface area contributed by atoms with Crippen molar-refractivity contribution in [2.75, 3.05) is 0 Å². The van der Waals surface area contributed by atoms with Crippen molar-refractivity contribution in [2.24, 2.45) is 0 Å². The summed E-state index contributed by atoms with van der Waals surface area (Å²) in [4.78, 5) is 0. The Bertz CT molecular complexity index is 108. The highest BCUT2D eigenvalue weighted by atomic mass is 36.0. The van der Waals surface area contributed by atoms with E-state index in [0.29, 0.717) is 0 Å². The summed E-state index contributed by atoms with van der Waals surface area (Å²) in [6.07, 6.45) is 0. The van der Waals surface area contributed by atoms with E-state index in [1.807, 2.05) is 0 Å². The Kier molecular flexibility index (Phi) is 17.6. The molecule has 0 aliphatic rings. The molecule has 9 heteroatoms. The van der Waals surface area contributed by atoms with Crippen LogP contribution in [0, 0.1) is 0 Å². The molecule has 0 aliphatic heterocycles. The SMILES string of the molecule is ClOCl.O=S(=O)(Cl)Cl.S. The molecule has 3 nitrogen and oxygen atoms in total. The highest BCUT2D eigenvalue weighted by molar-refractivity contribution is 8.31. The number of rotatable bonds is 0. The largest absolute Gasteiger partial charge is 0.317 e. The van der Waals surface area contributed by atoms with Crippen LogP contribution in [0.1, 0.15) is 0 Å². The van der Waals surface area contributed by atoms with Gasteiger partial charge in [-0.05, 0) is 0 Å². The van der Waals surface area contributed by atoms with Gasteiger partial charge in [0.25, 0.3) is 0 Å². The molecule has 0 aliphatic carbocycles. The molecule has 0 saturated heterocycles. The van der Waals surface area contributed by atoms with E-state index < -0.39 is 8.26 Å². The molecular formula is H2Cl4O3S2. The topological polar surface area (TPSA) is 43.4 Å². The minimum atomic E-state index is -3.72. The van der Waals surface area contributed by atoms with Crippen molar-refractivity contribution in [1.29, 1.82) is 0 Å². The summed E-state index contributed by atoms with van der Waals surface area (Å²) in [7, 11) is 4.81. The highest BCUT2D eigenvalue weighted by Crippen LogP contribution is 1.98. The monoisotopic (exact) mass is 254 g/mol. The van der Waals surface area contributed by atoms with Gasteiger partial charge < -0.3 is 0 Å². The maximum Gasteiger partial charge on any atom is 0.317 e. The molecular weight excluding hydrogens is 254 g/mol. The van der Waals surface area contributed by atoms with Crippen LogP contribution in [0.3, 0.4) is 0 Å². The number of hydrogen-bond donors (Lipinski definition) is 0. The Balaban J connectivity index is -0.0000000800. The lowest BCUT2D eigenvalue weighted by molar-refractivity contribution is 0.621. The third-order valence-corrected chi connectivity index (χ3v) is 0. The lowest BCUT2D eigenvalue weighted by atomic mass is 15.9. The van der Waals surface area contributed by atoms with Gasteiger partial charge in [-0.15, -0.1) is 0 Å². The lowest BCUT2D eigenvalue weighted by Crippen LogP contribution is -1.63. The van der Waals surface area contributed by atoms with E-state index in [4.69, 9.17) is 8.42 Å². The molecule has 0 bridgehead atoms. The van der Waals surface area contributed by atoms with Gasteiger partial charge in [0.05, 0.1) is 23.7 Å². The summed E-state index contributed by atoms with van der Waals surface area (Å²) >= 11 is 8.53. The van der Waals surface area contributed by atoms with E-state index in [1.54, 1.807) is 0 Å². The first-order chi connectivity index (χ1) is 3.41. The normalized spacial score (nSPS) is 8.44. The Morgan fingerprint density at radius 3 is 1.11 bits per heavy atom. The van der Waals surface area contributed by atoms with Gasteiger partial charge in [-0.1, -0.05) is 0 Å². The van der Waals surface area contributed by atoms with Crippen LogP contribution in [-0.2, 0) is 12.1 Å². The van der Waals surface area contributed by atoms with Crippen LogP contribution in [-0.4, -0.2) is 8.42 Å². The first kappa shape index (κ1) is 16.8. The van der Waals surface area contributed by atoms with Crippen LogP contribution in [0.2, 0.25) is 0 Å². The molecule has 0 aromatic carbocycles. The molecule has 0 spiro atoms. The average molecular weight is 256 g/mol. The van der Waals surface area contributed by atoms with Gasteiger partial charge in [0.1, 0.15) is 0 Å². The molecule has 9 heavy (non-hydrogen) atoms. The third-order valence-electron chi connectivity index (χ3n) is 0. The van der Waals surface area contributed by atoms with Crippen LogP contribution in [0.25, 0.3) is 0 Å². The quantitative estimate of drug-likeness (QED) is 0.623. The second-order valence-corrected chi connectivity index (χ2v) is 4.57. The predicted molar refractivity (Wildman–Crippen MR) is 43.8 cm³/mol. The van der Waals surface area contributed by atoms with Crippen molar-refractivity contribution in [3.8, 4) is 0 Å². The van der Waals surface area contributed by atoms with Gasteiger partial charge in [-0.2, -0.15) is 25.8 Å². The van der Waals surface area contributed by atoms with E-state index in [0.717, 1.165) is 0 Å². The van der Waals surface area contributed by atoms with Gasteiger partial charge in [0.2, 0.25) is 0 Å². The fraction of sp³-hybridized carbons (Fsp3) is 0. The molecule has 0 saturated carbocycles. The van der Waals surface area contributed by atoms with E-state index in [-0.39, 0.29) is 13.5 Å². The van der Waals surface area contributed by atoms with Gasteiger partial charge in [-0.3, -0.25) is 0 Å². The van der Waals surface area contributed by atoms with Crippen LogP contribution >= 0.6 is 58.6 Å². The average Bonchev–Trinajstić information content (AvgIpc) is 1.27. The molecule has 0 N–H and O–H groups in total. The van der Waals surface area contributed by atoms with Crippen LogP contribution in [0.5, 0.6) is 0 Å². The molecule has 0 aromatic rings. The Hall–Kier alpha value is 1.42. The maximum absolute atomic E-state index is 9.16. The lowest BCUT2D eigenvalue weighted by Gasteiger charge is -1.61. The molecule has 0 heterocycles. The number of hydrogen-bond acceptors (Lipinski definition) is 3. The molecule has 0 atom stereocenters. The zero-order valence-electron chi connectivity index (χ0n) is 3.64. The zero-order valence-corrected chi connectivity index (χ0v) is 8.49. The fourth-order valence-corrected chi connectivity index (χ4v) is 0. The summed E-state index contributed by atoms with van der Waals surface area (Å²) in [5.41, 5.74) is 0. The van der Waals surface area contributed by atoms with Gasteiger partial charge in [0, 0.05) is 21.4 Å². The summed E-state index contributed by atoms with van der Waals surface area (Å²) in [6.45, 7) is 0. The summed E-state index contributed by atoms with van der Waals surface area (Å²) in [5.74, 6) is 0. The smallest absolute Gasteiger partial charge is 0.197 e. The zero-order chi connectivity index (χ0) is 7.21. The van der Waals surface area contributed by atoms with Gasteiger partial charge in [0.15, 0.2) is 0 Å². The van der Waals surface area contributed by atoms with Crippen molar-refractivity contribution in [1.82, 2.24) is 0 Å². The third kappa shape index (κ3) is 257. The van der Waals surface area contributed by atoms with Gasteiger partial charge in [-0.25, -0.2) is 0 Å². The molecule has 0 radical (unpaired) electrons. The van der Waals surface area contributed by atoms with Crippen molar-refractivity contribution >= 4 is 66.9 Å². The van der Waals surface area contributed by atoms with Crippen molar-refractivity contribution in [3.63, 3.8) is 0 Å². The second-order valence-electron chi connectivity index (χ2n) is 0.437. The molecule has 0 amide bonds. The molecule has 60 valence electrons. The van der Waals surface area contributed by atoms with E-state index in [9.17, 15) is 0 Å². The second kappa shape index (κ2) is 9.42. The summed E-state index contributed by atoms with van der Waals surface area (Å²) in [6, 6.07) is 0. The Labute approximate surface area is 78.9 Å². The van der Waals surface area contributed by atoms with Gasteiger partial charge >= 0.3 is 8.26 Å². The van der Waals surface area contributed by atoms with E-state index in [1.165, 1.54) is 0 Å². The fourth-order valence-electron chi connectivity index (χ4n) is 0. The highest BCUT2D eigenvalue weighted by Gasteiger charge is 1.88.